The van der Waals surface area contributed by atoms with Gasteiger partial charge in [-0.15, -0.1) is 0 Å². The van der Waals surface area contributed by atoms with Crippen LogP contribution in [0.3, 0.4) is 0 Å². The number of nitrogens with zero attached hydrogens (tertiary/aromatic N) is 2. The summed E-state index contributed by atoms with van der Waals surface area (Å²) < 4.78 is 11.4. The summed E-state index contributed by atoms with van der Waals surface area (Å²) in [6, 6.07) is 78.6. The molecular formula is C56H36N2O. The first-order valence-corrected chi connectivity index (χ1v) is 20.2. The molecule has 3 heteroatoms. The van der Waals surface area contributed by atoms with E-state index in [9.17, 15) is 0 Å². The monoisotopic (exact) mass is 752 g/mol. The SMILES string of the molecule is c1ccc(-c2ccc3c(c2)c2cc(-c4ccccc4)ccc2n3-c2cccc(-c3cccc(-c4cccc5oc6c(c7ccccc7n6-c6ccccc6)c45)c3)c2)cc1. The lowest BCUT2D eigenvalue weighted by molar-refractivity contribution is 0.645. The molecule has 0 aliphatic heterocycles. The zero-order chi connectivity index (χ0) is 38.9. The molecule has 0 unspecified atom stereocenters. The maximum atomic E-state index is 6.75. The molecule has 0 amide bonds. The van der Waals surface area contributed by atoms with Crippen LogP contribution in [0.5, 0.6) is 0 Å². The van der Waals surface area contributed by atoms with Gasteiger partial charge in [0.05, 0.1) is 21.9 Å². The number of hydrogen-bond donors (Lipinski definition) is 0. The Kier molecular flexibility index (Phi) is 7.54. The number of para-hydroxylation sites is 2. The van der Waals surface area contributed by atoms with E-state index in [4.69, 9.17) is 4.42 Å². The molecule has 0 atom stereocenters. The third-order valence-electron chi connectivity index (χ3n) is 11.9. The number of benzene rings is 9. The lowest BCUT2D eigenvalue weighted by atomic mass is 9.95. The van der Waals surface area contributed by atoms with E-state index in [-0.39, 0.29) is 0 Å². The molecule has 0 N–H and O–H groups in total. The van der Waals surface area contributed by atoms with Crippen molar-refractivity contribution in [2.75, 3.05) is 0 Å². The van der Waals surface area contributed by atoms with E-state index >= 15 is 0 Å². The molecule has 12 rings (SSSR count). The second-order valence-electron chi connectivity index (χ2n) is 15.3. The average molecular weight is 753 g/mol. The molecule has 276 valence electrons. The number of aromatic nitrogens is 2. The van der Waals surface area contributed by atoms with Gasteiger partial charge in [-0.3, -0.25) is 4.57 Å². The van der Waals surface area contributed by atoms with E-state index in [1.807, 2.05) is 0 Å². The van der Waals surface area contributed by atoms with Crippen LogP contribution in [-0.2, 0) is 0 Å². The van der Waals surface area contributed by atoms with Crippen LogP contribution < -0.4 is 0 Å². The molecule has 12 aromatic rings. The summed E-state index contributed by atoms with van der Waals surface area (Å²) in [6.45, 7) is 0. The molecule has 0 aliphatic carbocycles. The van der Waals surface area contributed by atoms with Crippen LogP contribution in [-0.4, -0.2) is 9.13 Å². The fourth-order valence-corrected chi connectivity index (χ4v) is 9.22. The Morgan fingerprint density at radius 1 is 0.288 bits per heavy atom. The Bertz CT molecular complexity index is 3440. The summed E-state index contributed by atoms with van der Waals surface area (Å²) in [4.78, 5) is 0. The molecule has 0 saturated heterocycles. The Morgan fingerprint density at radius 2 is 0.797 bits per heavy atom. The minimum Gasteiger partial charge on any atom is -0.439 e. The van der Waals surface area contributed by atoms with Gasteiger partial charge >= 0.3 is 0 Å². The fourth-order valence-electron chi connectivity index (χ4n) is 9.22. The summed E-state index contributed by atoms with van der Waals surface area (Å²) in [6.07, 6.45) is 0. The third kappa shape index (κ3) is 5.36. The standard InChI is InChI=1S/C56H36N2O/c1-4-15-37(16-5-1)41-29-31-51-48(35-41)49-36-42(38-17-6-2-7-18-38)30-32-52(49)57(51)45-24-13-20-40(34-45)39-19-12-21-43(33-39)46-26-14-28-53-54(46)55-47-25-10-11-27-50(47)58(56(55)59-53)44-22-8-3-9-23-44/h1-36H. The van der Waals surface area contributed by atoms with E-state index in [0.717, 1.165) is 61.2 Å². The van der Waals surface area contributed by atoms with Gasteiger partial charge in [0.2, 0.25) is 5.71 Å². The Hall–Kier alpha value is -7.88. The van der Waals surface area contributed by atoms with Crippen LogP contribution in [0, 0.1) is 0 Å². The second-order valence-corrected chi connectivity index (χ2v) is 15.3. The highest BCUT2D eigenvalue weighted by Gasteiger charge is 2.22. The number of fused-ring (bicyclic) bond motifs is 8. The van der Waals surface area contributed by atoms with Crippen molar-refractivity contribution in [1.82, 2.24) is 9.13 Å². The van der Waals surface area contributed by atoms with Crippen molar-refractivity contribution < 1.29 is 4.42 Å². The highest BCUT2D eigenvalue weighted by Crippen LogP contribution is 2.44. The van der Waals surface area contributed by atoms with Gasteiger partial charge in [0.15, 0.2) is 0 Å². The molecular weight excluding hydrogens is 717 g/mol. The molecule has 0 aliphatic rings. The third-order valence-corrected chi connectivity index (χ3v) is 11.9. The molecule has 3 heterocycles. The van der Waals surface area contributed by atoms with Crippen molar-refractivity contribution in [3.8, 4) is 55.9 Å². The smallest absolute Gasteiger partial charge is 0.213 e. The van der Waals surface area contributed by atoms with Gasteiger partial charge in [-0.2, -0.15) is 0 Å². The first kappa shape index (κ1) is 33.3. The molecule has 0 saturated carbocycles. The van der Waals surface area contributed by atoms with E-state index in [1.54, 1.807) is 0 Å². The zero-order valence-electron chi connectivity index (χ0n) is 32.1. The van der Waals surface area contributed by atoms with Crippen molar-refractivity contribution in [3.63, 3.8) is 0 Å². The summed E-state index contributed by atoms with van der Waals surface area (Å²) >= 11 is 0. The van der Waals surface area contributed by atoms with Gasteiger partial charge in [0, 0.05) is 32.9 Å². The van der Waals surface area contributed by atoms with Gasteiger partial charge < -0.3 is 8.98 Å². The molecule has 0 spiro atoms. The van der Waals surface area contributed by atoms with Crippen LogP contribution in [0.4, 0.5) is 0 Å². The highest BCUT2D eigenvalue weighted by molar-refractivity contribution is 6.23. The Balaban J connectivity index is 1.01. The normalized spacial score (nSPS) is 11.7. The summed E-state index contributed by atoms with van der Waals surface area (Å²) in [5.41, 5.74) is 16.9. The molecule has 59 heavy (non-hydrogen) atoms. The van der Waals surface area contributed by atoms with Crippen LogP contribution in [0.2, 0.25) is 0 Å². The Morgan fingerprint density at radius 3 is 1.49 bits per heavy atom. The maximum absolute atomic E-state index is 6.75. The molecule has 9 aromatic carbocycles. The van der Waals surface area contributed by atoms with Crippen LogP contribution in [0.25, 0.3) is 111 Å². The number of hydrogen-bond acceptors (Lipinski definition) is 1. The van der Waals surface area contributed by atoms with Crippen molar-refractivity contribution in [3.05, 3.63) is 218 Å². The van der Waals surface area contributed by atoms with Gasteiger partial charge in [-0.1, -0.05) is 152 Å². The van der Waals surface area contributed by atoms with Gasteiger partial charge in [-0.05, 0) is 111 Å². The fraction of sp³-hybridized carbons (Fsp3) is 0. The highest BCUT2D eigenvalue weighted by atomic mass is 16.3. The lowest BCUT2D eigenvalue weighted by Gasteiger charge is -2.12. The molecule has 0 radical (unpaired) electrons. The van der Waals surface area contributed by atoms with Gasteiger partial charge in [-0.25, -0.2) is 0 Å². The Labute approximate surface area is 341 Å². The largest absolute Gasteiger partial charge is 0.439 e. The predicted molar refractivity (Wildman–Crippen MR) is 247 cm³/mol. The molecule has 3 nitrogen and oxygen atoms in total. The quantitative estimate of drug-likeness (QED) is 0.166. The van der Waals surface area contributed by atoms with Crippen molar-refractivity contribution >= 4 is 54.8 Å². The maximum Gasteiger partial charge on any atom is 0.213 e. The van der Waals surface area contributed by atoms with Crippen molar-refractivity contribution in [2.24, 2.45) is 0 Å². The predicted octanol–water partition coefficient (Wildman–Crippen LogP) is 15.3. The zero-order valence-corrected chi connectivity index (χ0v) is 32.1. The molecule has 0 bridgehead atoms. The van der Waals surface area contributed by atoms with Crippen LogP contribution >= 0.6 is 0 Å². The summed E-state index contributed by atoms with van der Waals surface area (Å²) in [7, 11) is 0. The lowest BCUT2D eigenvalue weighted by Crippen LogP contribution is -1.94. The van der Waals surface area contributed by atoms with E-state index in [1.165, 1.54) is 49.4 Å². The summed E-state index contributed by atoms with van der Waals surface area (Å²) in [5.74, 6) is 0. The van der Waals surface area contributed by atoms with E-state index < -0.39 is 0 Å². The van der Waals surface area contributed by atoms with Gasteiger partial charge in [0.1, 0.15) is 5.58 Å². The van der Waals surface area contributed by atoms with Crippen LogP contribution in [0.1, 0.15) is 0 Å². The van der Waals surface area contributed by atoms with Crippen molar-refractivity contribution in [1.29, 1.82) is 0 Å². The molecule has 3 aromatic heterocycles. The van der Waals surface area contributed by atoms with Crippen LogP contribution in [0.15, 0.2) is 223 Å². The van der Waals surface area contributed by atoms with E-state index in [2.05, 4.69) is 228 Å². The first-order chi connectivity index (χ1) is 29.3. The summed E-state index contributed by atoms with van der Waals surface area (Å²) in [5, 5.41) is 5.92. The van der Waals surface area contributed by atoms with Crippen molar-refractivity contribution in [2.45, 2.75) is 0 Å². The van der Waals surface area contributed by atoms with Gasteiger partial charge in [0.25, 0.3) is 0 Å². The number of furan rings is 1. The number of rotatable bonds is 6. The average Bonchev–Trinajstić information content (AvgIpc) is 3.96. The minimum atomic E-state index is 0.863. The molecule has 0 fully saturated rings. The first-order valence-electron chi connectivity index (χ1n) is 20.2. The van der Waals surface area contributed by atoms with E-state index in [0.29, 0.717) is 0 Å². The topological polar surface area (TPSA) is 23.0 Å². The second kappa shape index (κ2) is 13.4. The minimum absolute atomic E-state index is 0.863.